The van der Waals surface area contributed by atoms with Crippen molar-refractivity contribution in [3.05, 3.63) is 0 Å². The number of aliphatic hydroxyl groups excluding tert-OH is 4. The second-order valence-corrected chi connectivity index (χ2v) is 16.6. The van der Waals surface area contributed by atoms with Gasteiger partial charge >= 0.3 is 29.1 Å². The lowest BCUT2D eigenvalue weighted by Gasteiger charge is -2.23. The predicted octanol–water partition coefficient (Wildman–Crippen LogP) is 10.0. The minimum atomic E-state index is -2.61. The first-order valence-corrected chi connectivity index (χ1v) is 24.2. The summed E-state index contributed by atoms with van der Waals surface area (Å²) in [5.41, 5.74) is -1.11. The molecule has 0 saturated heterocycles. The minimum absolute atomic E-state index is 0.345. The van der Waals surface area contributed by atoms with Crippen LogP contribution >= 0.6 is 17.2 Å². The standard InChI is InChI=1S/2C18H36O2.C5H12O4.H4O5P2/c2*1-2-3-4-5-6-7-8-9-10-11-12-13-14-15-16-17-18(19)20;6-1-5(2-7,3-8)4-9;1-6(2)5-7(3)4/h2*2-17H2,1H3,(H,19,20);6-9H,1-4H2;1-4H. The van der Waals surface area contributed by atoms with Gasteiger partial charge in [-0.25, -0.2) is 4.31 Å². The first-order valence-electron chi connectivity index (χ1n) is 21.8. The molecule has 0 aromatic heterocycles. The number of hydrogen-bond donors (Lipinski definition) is 10. The Hall–Kier alpha value is -0.560. The smallest absolute Gasteiger partial charge is 0.334 e. The monoisotopic (exact) mass is 851 g/mol. The third-order valence-electron chi connectivity index (χ3n) is 9.48. The average molecular weight is 851 g/mol. The Morgan fingerprint density at radius 1 is 0.375 bits per heavy atom. The van der Waals surface area contributed by atoms with Gasteiger partial charge in [0.1, 0.15) is 0 Å². The van der Waals surface area contributed by atoms with E-state index in [9.17, 15) is 9.59 Å². The van der Waals surface area contributed by atoms with Gasteiger partial charge < -0.3 is 50.2 Å². The lowest BCUT2D eigenvalue weighted by Crippen LogP contribution is -2.37. The van der Waals surface area contributed by atoms with Gasteiger partial charge in [-0.3, -0.25) is 9.59 Å². The first kappa shape index (κ1) is 62.1. The highest BCUT2D eigenvalue weighted by Gasteiger charge is 2.26. The fourth-order valence-electron chi connectivity index (χ4n) is 5.66. The summed E-state index contributed by atoms with van der Waals surface area (Å²) in [5.74, 6) is -1.31. The van der Waals surface area contributed by atoms with E-state index in [4.69, 9.17) is 50.2 Å². The second-order valence-electron chi connectivity index (χ2n) is 14.9. The molecule has 0 saturated carbocycles. The Bertz CT molecular complexity index is 693. The van der Waals surface area contributed by atoms with E-state index < -0.39 is 61.0 Å². The van der Waals surface area contributed by atoms with E-state index in [0.717, 1.165) is 25.7 Å². The quantitative estimate of drug-likeness (QED) is 0.0206. The maximum absolute atomic E-state index is 10.3. The lowest BCUT2D eigenvalue weighted by molar-refractivity contribution is -0.138. The summed E-state index contributed by atoms with van der Waals surface area (Å²) in [6.07, 6.45) is 40.4. The Morgan fingerprint density at radius 2 is 0.554 bits per heavy atom. The van der Waals surface area contributed by atoms with E-state index in [0.29, 0.717) is 12.8 Å². The number of hydrogen-bond acceptors (Lipinski definition) is 11. The van der Waals surface area contributed by atoms with E-state index in [-0.39, 0.29) is 0 Å². The van der Waals surface area contributed by atoms with Crippen LogP contribution in [0, 0.1) is 5.41 Å². The summed E-state index contributed by atoms with van der Waals surface area (Å²) in [6.45, 7) is 2.92. The van der Waals surface area contributed by atoms with E-state index >= 15 is 0 Å². The van der Waals surface area contributed by atoms with Gasteiger partial charge in [0.2, 0.25) is 0 Å². The molecule has 0 bridgehead atoms. The van der Waals surface area contributed by atoms with Gasteiger partial charge in [-0.1, -0.05) is 194 Å². The largest absolute Gasteiger partial charge is 0.481 e. The number of aliphatic carboxylic acids is 2. The Balaban J connectivity index is -0.000000351. The van der Waals surface area contributed by atoms with Gasteiger partial charge in [-0.15, -0.1) is 0 Å². The van der Waals surface area contributed by atoms with Crippen molar-refractivity contribution in [1.82, 2.24) is 0 Å². The van der Waals surface area contributed by atoms with Crippen LogP contribution in [0.3, 0.4) is 0 Å². The van der Waals surface area contributed by atoms with Gasteiger partial charge in [-0.2, -0.15) is 0 Å². The van der Waals surface area contributed by atoms with Crippen molar-refractivity contribution in [3.63, 3.8) is 0 Å². The molecule has 0 aliphatic heterocycles. The van der Waals surface area contributed by atoms with Crippen LogP contribution in [0.5, 0.6) is 0 Å². The van der Waals surface area contributed by atoms with Crippen molar-refractivity contribution in [1.29, 1.82) is 0 Å². The van der Waals surface area contributed by atoms with Crippen LogP contribution in [0.25, 0.3) is 0 Å². The zero-order valence-electron chi connectivity index (χ0n) is 35.5. The van der Waals surface area contributed by atoms with E-state index in [1.165, 1.54) is 167 Å². The Morgan fingerprint density at radius 3 is 0.661 bits per heavy atom. The van der Waals surface area contributed by atoms with Crippen LogP contribution in [-0.4, -0.2) is 88.6 Å². The number of aliphatic hydroxyl groups is 4. The molecular formula is C41H88O13P2. The predicted molar refractivity (Wildman–Crippen MR) is 229 cm³/mol. The summed E-state index contributed by atoms with van der Waals surface area (Å²) < 4.78 is 3.60. The third kappa shape index (κ3) is 60.1. The molecule has 0 aliphatic rings. The topological polar surface area (TPSA) is 246 Å². The molecule has 0 atom stereocenters. The number of unbranched alkanes of at least 4 members (excludes halogenated alkanes) is 28. The van der Waals surface area contributed by atoms with Crippen molar-refractivity contribution < 1.29 is 64.1 Å². The molecule has 13 nitrogen and oxygen atoms in total. The molecule has 0 amide bonds. The Kier molecular flexibility index (Phi) is 58.2. The lowest BCUT2D eigenvalue weighted by atomic mass is 9.93. The zero-order chi connectivity index (χ0) is 43.0. The molecule has 10 N–H and O–H groups in total. The molecule has 0 rings (SSSR count). The van der Waals surface area contributed by atoms with Crippen LogP contribution in [0.2, 0.25) is 0 Å². The van der Waals surface area contributed by atoms with Crippen LogP contribution < -0.4 is 0 Å². The van der Waals surface area contributed by atoms with Crippen LogP contribution in [0.15, 0.2) is 0 Å². The molecule has 56 heavy (non-hydrogen) atoms. The maximum atomic E-state index is 10.3. The van der Waals surface area contributed by atoms with Crippen molar-refractivity contribution in [2.75, 3.05) is 26.4 Å². The van der Waals surface area contributed by atoms with E-state index in [1.807, 2.05) is 0 Å². The van der Waals surface area contributed by atoms with Gasteiger partial charge in [0.15, 0.2) is 0 Å². The van der Waals surface area contributed by atoms with Crippen LogP contribution in [0.1, 0.15) is 219 Å². The highest BCUT2D eigenvalue weighted by atomic mass is 31.2. The van der Waals surface area contributed by atoms with E-state index in [2.05, 4.69) is 18.2 Å². The summed E-state index contributed by atoms with van der Waals surface area (Å²) in [6, 6.07) is 0. The van der Waals surface area contributed by atoms with Gasteiger partial charge in [-0.05, 0) is 12.8 Å². The maximum Gasteiger partial charge on any atom is 0.334 e. The number of carboxylic acid groups (broad SMARTS) is 2. The van der Waals surface area contributed by atoms with Gasteiger partial charge in [0.05, 0.1) is 31.8 Å². The molecule has 0 unspecified atom stereocenters. The zero-order valence-corrected chi connectivity index (χ0v) is 37.3. The first-order chi connectivity index (χ1) is 26.9. The molecule has 15 heteroatoms. The third-order valence-corrected chi connectivity index (χ3v) is 10.6. The van der Waals surface area contributed by atoms with Crippen molar-refractivity contribution in [3.8, 4) is 0 Å². The fraction of sp³-hybridized carbons (Fsp3) is 0.951. The fourth-order valence-corrected chi connectivity index (χ4v) is 6.18. The summed E-state index contributed by atoms with van der Waals surface area (Å²) in [4.78, 5) is 51.9. The van der Waals surface area contributed by atoms with Crippen molar-refractivity contribution >= 4 is 29.1 Å². The second kappa shape index (κ2) is 52.5. The number of rotatable bonds is 38. The summed E-state index contributed by atoms with van der Waals surface area (Å²) >= 11 is 0. The highest BCUT2D eigenvalue weighted by Crippen LogP contribution is 2.41. The van der Waals surface area contributed by atoms with Crippen LogP contribution in [0.4, 0.5) is 0 Å². The molecule has 0 radical (unpaired) electrons. The molecule has 0 spiro atoms. The molecule has 0 heterocycles. The molecule has 0 aliphatic carbocycles. The van der Waals surface area contributed by atoms with Gasteiger partial charge in [0, 0.05) is 12.8 Å². The van der Waals surface area contributed by atoms with Crippen LogP contribution in [-0.2, 0) is 13.9 Å². The number of carboxylic acids is 2. The normalized spacial score (nSPS) is 11.1. The Labute approximate surface area is 343 Å². The SMILES string of the molecule is CCCCCCCCCCCCCCCCCC(=O)O.CCCCCCCCCCCCCCCCCC(=O)O.OCC(CO)(CO)CO.OP(O)OP(O)O. The van der Waals surface area contributed by atoms with Crippen molar-refractivity contribution in [2.24, 2.45) is 5.41 Å². The minimum Gasteiger partial charge on any atom is -0.481 e. The van der Waals surface area contributed by atoms with Gasteiger partial charge in [0.25, 0.3) is 0 Å². The average Bonchev–Trinajstić information content (AvgIpc) is 3.16. The van der Waals surface area contributed by atoms with E-state index in [1.54, 1.807) is 0 Å². The number of carbonyl (C=O) groups is 2. The molecule has 0 aromatic rings. The molecule has 340 valence electrons. The molecular weight excluding hydrogens is 762 g/mol. The molecule has 0 aromatic carbocycles. The molecule has 0 fully saturated rings. The summed E-state index contributed by atoms with van der Waals surface area (Å²) in [5, 5.41) is 51.0. The highest BCUT2D eigenvalue weighted by molar-refractivity contribution is 7.53. The van der Waals surface area contributed by atoms with Crippen molar-refractivity contribution in [2.45, 2.75) is 219 Å². The summed E-state index contributed by atoms with van der Waals surface area (Å²) in [7, 11) is -5.22.